The molecule has 0 fully saturated rings. The quantitative estimate of drug-likeness (QED) is 0.585. The Hall–Kier alpha value is -1.05. The van der Waals surface area contributed by atoms with Crippen molar-refractivity contribution in [3.63, 3.8) is 0 Å². The zero-order valence-corrected chi connectivity index (χ0v) is 7.47. The highest BCUT2D eigenvalue weighted by molar-refractivity contribution is 6.70. The molecule has 0 atom stereocenters. The van der Waals surface area contributed by atoms with Gasteiger partial charge in [-0.3, -0.25) is 0 Å². The molecule has 0 heterocycles. The minimum absolute atomic E-state index is 0.184. The van der Waals surface area contributed by atoms with E-state index in [2.05, 4.69) is 6.58 Å². The molecule has 0 aliphatic heterocycles. The Bertz CT molecular complexity index is 292. The van der Waals surface area contributed by atoms with E-state index in [0.717, 1.165) is 11.0 Å². The van der Waals surface area contributed by atoms with Crippen molar-refractivity contribution in [1.82, 2.24) is 0 Å². The molecule has 0 amide bonds. The Morgan fingerprint density at radius 3 is 2.50 bits per heavy atom. The van der Waals surface area contributed by atoms with Crippen molar-refractivity contribution in [1.29, 1.82) is 0 Å². The van der Waals surface area contributed by atoms with Gasteiger partial charge in [-0.1, -0.05) is 37.8 Å². The minimum atomic E-state index is -0.184. The predicted octanol–water partition coefficient (Wildman–Crippen LogP) is 2.43. The molecule has 0 aromatic heterocycles. The molecular weight excluding hydrogens is 150 g/mol. The number of hydrogen-bond acceptors (Lipinski definition) is 0. The Labute approximate surface area is 73.2 Å². The SMILES string of the molecule is C=Cc1cc(F)cc(B(C)C)c1. The molecule has 0 nitrogen and oxygen atoms in total. The van der Waals surface area contributed by atoms with Gasteiger partial charge >= 0.3 is 0 Å². The van der Waals surface area contributed by atoms with E-state index < -0.39 is 0 Å². The van der Waals surface area contributed by atoms with Gasteiger partial charge in [0.2, 0.25) is 0 Å². The van der Waals surface area contributed by atoms with Crippen LogP contribution < -0.4 is 5.46 Å². The van der Waals surface area contributed by atoms with E-state index in [1.807, 2.05) is 19.7 Å². The van der Waals surface area contributed by atoms with Gasteiger partial charge in [0.15, 0.2) is 6.71 Å². The van der Waals surface area contributed by atoms with Gasteiger partial charge in [0.05, 0.1) is 0 Å². The normalized spacial score (nSPS) is 9.58. The fourth-order valence-electron chi connectivity index (χ4n) is 1.09. The summed E-state index contributed by atoms with van der Waals surface area (Å²) in [7, 11) is 0. The molecule has 0 bridgehead atoms. The van der Waals surface area contributed by atoms with E-state index in [4.69, 9.17) is 0 Å². The highest BCUT2D eigenvalue weighted by Gasteiger charge is 2.04. The van der Waals surface area contributed by atoms with Crippen molar-refractivity contribution >= 4 is 18.3 Å². The van der Waals surface area contributed by atoms with Crippen LogP contribution in [0.5, 0.6) is 0 Å². The maximum Gasteiger partial charge on any atom is 0.169 e. The van der Waals surface area contributed by atoms with Crippen LogP contribution >= 0.6 is 0 Å². The third kappa shape index (κ3) is 1.97. The van der Waals surface area contributed by atoms with Crippen LogP contribution in [-0.4, -0.2) is 6.71 Å². The van der Waals surface area contributed by atoms with Crippen LogP contribution in [0.1, 0.15) is 5.56 Å². The molecule has 0 aliphatic carbocycles. The molecule has 0 saturated heterocycles. The summed E-state index contributed by atoms with van der Waals surface area (Å²) < 4.78 is 12.9. The van der Waals surface area contributed by atoms with Crippen molar-refractivity contribution in [3.8, 4) is 0 Å². The van der Waals surface area contributed by atoms with Crippen LogP contribution in [0.3, 0.4) is 0 Å². The van der Waals surface area contributed by atoms with E-state index in [9.17, 15) is 4.39 Å². The summed E-state index contributed by atoms with van der Waals surface area (Å²) in [5.41, 5.74) is 1.86. The molecule has 0 aliphatic rings. The van der Waals surface area contributed by atoms with Crippen LogP contribution in [0.15, 0.2) is 24.8 Å². The van der Waals surface area contributed by atoms with E-state index >= 15 is 0 Å². The number of benzene rings is 1. The predicted molar refractivity (Wildman–Crippen MR) is 53.6 cm³/mol. The van der Waals surface area contributed by atoms with E-state index in [0.29, 0.717) is 6.71 Å². The molecule has 0 saturated carbocycles. The second-order valence-corrected chi connectivity index (χ2v) is 3.18. The summed E-state index contributed by atoms with van der Waals surface area (Å²) >= 11 is 0. The molecule has 0 spiro atoms. The van der Waals surface area contributed by atoms with Crippen molar-refractivity contribution < 1.29 is 4.39 Å². The Morgan fingerprint density at radius 1 is 1.33 bits per heavy atom. The molecule has 0 radical (unpaired) electrons. The summed E-state index contributed by atoms with van der Waals surface area (Å²) in [6, 6.07) is 5.01. The van der Waals surface area contributed by atoms with Gasteiger partial charge in [-0.25, -0.2) is 4.39 Å². The van der Waals surface area contributed by atoms with Gasteiger partial charge in [-0.15, -0.1) is 0 Å². The number of halogens is 1. The van der Waals surface area contributed by atoms with Gasteiger partial charge < -0.3 is 0 Å². The standard InChI is InChI=1S/C10H12BF/c1-4-8-5-9(11(2)3)7-10(12)6-8/h4-7H,1H2,2-3H3. The number of hydrogen-bond donors (Lipinski definition) is 0. The largest absolute Gasteiger partial charge is 0.207 e. The second kappa shape index (κ2) is 3.57. The average Bonchev–Trinajstić information content (AvgIpc) is 2.03. The first-order chi connectivity index (χ1) is 5.63. The van der Waals surface area contributed by atoms with Gasteiger partial charge in [0.25, 0.3) is 0 Å². The fourth-order valence-corrected chi connectivity index (χ4v) is 1.09. The van der Waals surface area contributed by atoms with E-state index in [1.165, 1.54) is 6.07 Å². The second-order valence-electron chi connectivity index (χ2n) is 3.18. The van der Waals surface area contributed by atoms with Crippen molar-refractivity contribution in [3.05, 3.63) is 36.2 Å². The summed E-state index contributed by atoms with van der Waals surface area (Å²) in [6.45, 7) is 8.05. The van der Waals surface area contributed by atoms with Gasteiger partial charge in [-0.05, 0) is 17.7 Å². The maximum absolute atomic E-state index is 12.9. The van der Waals surface area contributed by atoms with Crippen molar-refractivity contribution in [2.75, 3.05) is 0 Å². The highest BCUT2D eigenvalue weighted by Crippen LogP contribution is 2.03. The van der Waals surface area contributed by atoms with Crippen molar-refractivity contribution in [2.24, 2.45) is 0 Å². The zero-order chi connectivity index (χ0) is 9.14. The van der Waals surface area contributed by atoms with Crippen LogP contribution in [-0.2, 0) is 0 Å². The van der Waals surface area contributed by atoms with Crippen LogP contribution in [0.25, 0.3) is 6.08 Å². The summed E-state index contributed by atoms with van der Waals surface area (Å²) in [5.74, 6) is -0.184. The molecule has 0 unspecified atom stereocenters. The van der Waals surface area contributed by atoms with Crippen LogP contribution in [0, 0.1) is 5.82 Å². The van der Waals surface area contributed by atoms with Crippen LogP contribution in [0.4, 0.5) is 4.39 Å². The molecule has 12 heavy (non-hydrogen) atoms. The van der Waals surface area contributed by atoms with Crippen molar-refractivity contribution in [2.45, 2.75) is 13.6 Å². The Kier molecular flexibility index (Phi) is 2.69. The summed E-state index contributed by atoms with van der Waals surface area (Å²) in [5, 5.41) is 0. The van der Waals surface area contributed by atoms with Gasteiger partial charge in [-0.2, -0.15) is 0 Å². The maximum atomic E-state index is 12.9. The first-order valence-electron chi connectivity index (χ1n) is 4.06. The molecule has 2 heteroatoms. The molecular formula is C10H12BF. The third-order valence-corrected chi connectivity index (χ3v) is 1.84. The third-order valence-electron chi connectivity index (χ3n) is 1.84. The lowest BCUT2D eigenvalue weighted by Crippen LogP contribution is -2.23. The van der Waals surface area contributed by atoms with E-state index in [-0.39, 0.29) is 5.82 Å². The fraction of sp³-hybridized carbons (Fsp3) is 0.200. The lowest BCUT2D eigenvalue weighted by Gasteiger charge is -2.03. The Morgan fingerprint density at radius 2 is 2.00 bits per heavy atom. The first-order valence-corrected chi connectivity index (χ1v) is 4.06. The first kappa shape index (κ1) is 9.05. The molecule has 1 aromatic rings. The lowest BCUT2D eigenvalue weighted by atomic mass is 9.49. The highest BCUT2D eigenvalue weighted by atomic mass is 19.1. The zero-order valence-electron chi connectivity index (χ0n) is 7.47. The monoisotopic (exact) mass is 162 g/mol. The molecule has 1 aromatic carbocycles. The molecule has 62 valence electrons. The van der Waals surface area contributed by atoms with Gasteiger partial charge in [0.1, 0.15) is 5.82 Å². The minimum Gasteiger partial charge on any atom is -0.207 e. The average molecular weight is 162 g/mol. The molecule has 0 N–H and O–H groups in total. The van der Waals surface area contributed by atoms with Crippen LogP contribution in [0.2, 0.25) is 13.6 Å². The molecule has 1 rings (SSSR count). The summed E-state index contributed by atoms with van der Waals surface area (Å²) in [4.78, 5) is 0. The lowest BCUT2D eigenvalue weighted by molar-refractivity contribution is 0.628. The summed E-state index contributed by atoms with van der Waals surface area (Å²) in [6.07, 6.45) is 1.66. The topological polar surface area (TPSA) is 0 Å². The Balaban J connectivity index is 3.14. The van der Waals surface area contributed by atoms with Gasteiger partial charge in [0, 0.05) is 0 Å². The number of rotatable bonds is 2. The smallest absolute Gasteiger partial charge is 0.169 e. The van der Waals surface area contributed by atoms with E-state index in [1.54, 1.807) is 12.1 Å².